The summed E-state index contributed by atoms with van der Waals surface area (Å²) in [5.74, 6) is 0. The molecular weight excluding hydrogens is 229 g/mol. The van der Waals surface area contributed by atoms with Crippen LogP contribution in [0.3, 0.4) is 0 Å². The minimum Gasteiger partial charge on any atom is -0.458 e. The summed E-state index contributed by atoms with van der Waals surface area (Å²) in [5, 5.41) is 0.00855. The van der Waals surface area contributed by atoms with Gasteiger partial charge in [0.05, 0.1) is 6.61 Å². The van der Waals surface area contributed by atoms with Crippen molar-refractivity contribution in [2.24, 2.45) is 0 Å². The summed E-state index contributed by atoms with van der Waals surface area (Å²) in [6.45, 7) is 2.25. The standard InChI is InChI=1S/C7H9Cl2N3O2/c1-4(3-13-2)14-7-11-5(8)10-6(9)12-7/h4H,3H2,1-2H3. The smallest absolute Gasteiger partial charge is 0.322 e. The molecule has 0 saturated carbocycles. The minimum absolute atomic E-state index is 0.00427. The van der Waals surface area contributed by atoms with Gasteiger partial charge in [-0.2, -0.15) is 15.0 Å². The number of hydrogen-bond donors (Lipinski definition) is 0. The zero-order chi connectivity index (χ0) is 10.6. The zero-order valence-electron chi connectivity index (χ0n) is 7.70. The molecule has 1 aromatic rings. The molecule has 0 bridgehead atoms. The van der Waals surface area contributed by atoms with Crippen LogP contribution in [0.5, 0.6) is 6.01 Å². The van der Waals surface area contributed by atoms with E-state index in [-0.39, 0.29) is 22.7 Å². The number of rotatable bonds is 4. The second kappa shape index (κ2) is 5.29. The molecule has 78 valence electrons. The van der Waals surface area contributed by atoms with Gasteiger partial charge in [-0.3, -0.25) is 0 Å². The molecule has 1 atom stereocenters. The van der Waals surface area contributed by atoms with Crippen molar-refractivity contribution in [1.82, 2.24) is 15.0 Å². The molecule has 0 N–H and O–H groups in total. The van der Waals surface area contributed by atoms with Crippen molar-refractivity contribution >= 4 is 23.2 Å². The third-order valence-corrected chi connectivity index (χ3v) is 1.61. The van der Waals surface area contributed by atoms with Gasteiger partial charge >= 0.3 is 6.01 Å². The van der Waals surface area contributed by atoms with Gasteiger partial charge in [-0.25, -0.2) is 0 Å². The van der Waals surface area contributed by atoms with Crippen molar-refractivity contribution in [3.63, 3.8) is 0 Å². The Balaban J connectivity index is 2.66. The molecule has 1 heterocycles. The molecule has 0 saturated heterocycles. The fourth-order valence-corrected chi connectivity index (χ4v) is 1.16. The average molecular weight is 238 g/mol. The van der Waals surface area contributed by atoms with Crippen LogP contribution in [0.25, 0.3) is 0 Å². The molecule has 0 radical (unpaired) electrons. The number of nitrogens with zero attached hydrogens (tertiary/aromatic N) is 3. The summed E-state index contributed by atoms with van der Waals surface area (Å²) in [5.41, 5.74) is 0. The molecule has 1 unspecified atom stereocenters. The van der Waals surface area contributed by atoms with Crippen LogP contribution in [-0.2, 0) is 4.74 Å². The molecule has 1 aromatic heterocycles. The summed E-state index contributed by atoms with van der Waals surface area (Å²) in [4.78, 5) is 11.1. The lowest BCUT2D eigenvalue weighted by Gasteiger charge is -2.11. The van der Waals surface area contributed by atoms with Crippen molar-refractivity contribution in [2.75, 3.05) is 13.7 Å². The number of hydrogen-bond acceptors (Lipinski definition) is 5. The molecule has 5 nitrogen and oxygen atoms in total. The Labute approximate surface area is 91.4 Å². The second-order valence-corrected chi connectivity index (χ2v) is 3.22. The summed E-state index contributed by atoms with van der Waals surface area (Å²) < 4.78 is 10.1. The van der Waals surface area contributed by atoms with Crippen molar-refractivity contribution < 1.29 is 9.47 Å². The van der Waals surface area contributed by atoms with Crippen molar-refractivity contribution in [2.45, 2.75) is 13.0 Å². The maximum absolute atomic E-state index is 5.55. The summed E-state index contributed by atoms with van der Waals surface area (Å²) >= 11 is 11.1. The average Bonchev–Trinajstić information content (AvgIpc) is 2.01. The molecular formula is C7H9Cl2N3O2. The molecule has 14 heavy (non-hydrogen) atoms. The maximum atomic E-state index is 5.55. The lowest BCUT2D eigenvalue weighted by atomic mass is 10.4. The van der Waals surface area contributed by atoms with Crippen LogP contribution in [0, 0.1) is 0 Å². The highest BCUT2D eigenvalue weighted by atomic mass is 35.5. The topological polar surface area (TPSA) is 57.1 Å². The molecule has 7 heteroatoms. The number of halogens is 2. The number of methoxy groups -OCH3 is 1. The summed E-state index contributed by atoms with van der Waals surface area (Å²) in [6, 6.07) is 0.0968. The van der Waals surface area contributed by atoms with Crippen LogP contribution in [0.2, 0.25) is 10.6 Å². The molecule has 0 aliphatic rings. The van der Waals surface area contributed by atoms with Gasteiger partial charge in [0.15, 0.2) is 0 Å². The van der Waals surface area contributed by atoms with Crippen molar-refractivity contribution in [3.05, 3.63) is 10.6 Å². The predicted molar refractivity (Wildman–Crippen MR) is 51.8 cm³/mol. The highest BCUT2D eigenvalue weighted by Crippen LogP contribution is 2.12. The third kappa shape index (κ3) is 3.61. The van der Waals surface area contributed by atoms with Gasteiger partial charge in [0.1, 0.15) is 6.10 Å². The first-order chi connectivity index (χ1) is 6.61. The lowest BCUT2D eigenvalue weighted by molar-refractivity contribution is 0.0853. The van der Waals surface area contributed by atoms with E-state index in [1.54, 1.807) is 7.11 Å². The van der Waals surface area contributed by atoms with Gasteiger partial charge in [-0.1, -0.05) is 0 Å². The van der Waals surface area contributed by atoms with E-state index in [0.29, 0.717) is 6.61 Å². The summed E-state index contributed by atoms with van der Waals surface area (Å²) in [7, 11) is 1.58. The Bertz CT molecular complexity index is 291. The first-order valence-electron chi connectivity index (χ1n) is 3.84. The van der Waals surface area contributed by atoms with E-state index in [0.717, 1.165) is 0 Å². The quantitative estimate of drug-likeness (QED) is 0.797. The summed E-state index contributed by atoms with van der Waals surface area (Å²) in [6.07, 6.45) is -0.172. The van der Waals surface area contributed by atoms with Crippen LogP contribution in [-0.4, -0.2) is 34.8 Å². The Hall–Kier alpha value is -0.650. The Morgan fingerprint density at radius 2 is 1.79 bits per heavy atom. The van der Waals surface area contributed by atoms with E-state index in [1.165, 1.54) is 0 Å². The Morgan fingerprint density at radius 1 is 1.21 bits per heavy atom. The fraction of sp³-hybridized carbons (Fsp3) is 0.571. The third-order valence-electron chi connectivity index (χ3n) is 1.27. The van der Waals surface area contributed by atoms with Crippen LogP contribution < -0.4 is 4.74 Å². The molecule has 0 amide bonds. The SMILES string of the molecule is COCC(C)Oc1nc(Cl)nc(Cl)n1. The normalized spacial score (nSPS) is 12.6. The van der Waals surface area contributed by atoms with Crippen molar-refractivity contribution in [1.29, 1.82) is 0 Å². The van der Waals surface area contributed by atoms with E-state index in [4.69, 9.17) is 32.7 Å². The lowest BCUT2D eigenvalue weighted by Crippen LogP contribution is -2.19. The molecule has 0 aliphatic heterocycles. The molecule has 1 rings (SSSR count). The van der Waals surface area contributed by atoms with Gasteiger partial charge in [-0.05, 0) is 30.1 Å². The van der Waals surface area contributed by atoms with Gasteiger partial charge < -0.3 is 9.47 Å². The molecule has 0 aromatic carbocycles. The van der Waals surface area contributed by atoms with E-state index in [1.807, 2.05) is 6.92 Å². The van der Waals surface area contributed by atoms with E-state index < -0.39 is 0 Å². The largest absolute Gasteiger partial charge is 0.458 e. The van der Waals surface area contributed by atoms with Crippen LogP contribution in [0.15, 0.2) is 0 Å². The Kier molecular flexibility index (Phi) is 4.31. The molecule has 0 aliphatic carbocycles. The molecule has 0 spiro atoms. The van der Waals surface area contributed by atoms with Crippen LogP contribution >= 0.6 is 23.2 Å². The van der Waals surface area contributed by atoms with Crippen LogP contribution in [0.4, 0.5) is 0 Å². The van der Waals surface area contributed by atoms with Gasteiger partial charge in [0.2, 0.25) is 10.6 Å². The highest BCUT2D eigenvalue weighted by molar-refractivity contribution is 6.31. The fourth-order valence-electron chi connectivity index (χ4n) is 0.810. The second-order valence-electron chi connectivity index (χ2n) is 2.54. The Morgan fingerprint density at radius 3 is 2.29 bits per heavy atom. The molecule has 0 fully saturated rings. The monoisotopic (exact) mass is 237 g/mol. The van der Waals surface area contributed by atoms with Crippen LogP contribution in [0.1, 0.15) is 6.92 Å². The van der Waals surface area contributed by atoms with Gasteiger partial charge in [-0.15, -0.1) is 0 Å². The van der Waals surface area contributed by atoms with Crippen molar-refractivity contribution in [3.8, 4) is 6.01 Å². The number of aromatic nitrogens is 3. The predicted octanol–water partition coefficient (Wildman–Crippen LogP) is 1.59. The minimum atomic E-state index is -0.172. The maximum Gasteiger partial charge on any atom is 0.322 e. The highest BCUT2D eigenvalue weighted by Gasteiger charge is 2.08. The zero-order valence-corrected chi connectivity index (χ0v) is 9.21. The van der Waals surface area contributed by atoms with E-state index >= 15 is 0 Å². The number of ether oxygens (including phenoxy) is 2. The van der Waals surface area contributed by atoms with E-state index in [2.05, 4.69) is 15.0 Å². The van der Waals surface area contributed by atoms with Gasteiger partial charge in [0.25, 0.3) is 0 Å². The van der Waals surface area contributed by atoms with E-state index in [9.17, 15) is 0 Å². The first-order valence-corrected chi connectivity index (χ1v) is 4.60. The first kappa shape index (κ1) is 11.4. The van der Waals surface area contributed by atoms with Gasteiger partial charge in [0, 0.05) is 7.11 Å².